The van der Waals surface area contributed by atoms with Crippen molar-refractivity contribution in [3.8, 4) is 0 Å². The molecule has 0 spiro atoms. The number of benzene rings is 2. The van der Waals surface area contributed by atoms with E-state index in [0.29, 0.717) is 18.7 Å². The van der Waals surface area contributed by atoms with Crippen molar-refractivity contribution in [3.63, 3.8) is 0 Å². The minimum Gasteiger partial charge on any atom is -0.212 e. The smallest absolute Gasteiger partial charge is 0.212 e. The van der Waals surface area contributed by atoms with Crippen molar-refractivity contribution in [1.29, 1.82) is 0 Å². The van der Waals surface area contributed by atoms with Crippen LogP contribution in [0.3, 0.4) is 0 Å². The Bertz CT molecular complexity index is 759. The van der Waals surface area contributed by atoms with E-state index in [1.807, 2.05) is 18.2 Å². The fourth-order valence-electron chi connectivity index (χ4n) is 3.17. The van der Waals surface area contributed by atoms with Gasteiger partial charge in [0.25, 0.3) is 0 Å². The summed E-state index contributed by atoms with van der Waals surface area (Å²) in [6.07, 6.45) is 0. The van der Waals surface area contributed by atoms with Crippen molar-refractivity contribution < 1.29 is 12.8 Å². The van der Waals surface area contributed by atoms with Gasteiger partial charge in [0, 0.05) is 19.0 Å². The Hall–Kier alpha value is -1.72. The summed E-state index contributed by atoms with van der Waals surface area (Å²) in [7, 11) is -3.39. The SMILES string of the molecule is CC1CN(S(=O)(=O)Cc2ccc(F)cc2)CC1c1ccccc1. The first kappa shape index (κ1) is 16.1. The van der Waals surface area contributed by atoms with Crippen LogP contribution < -0.4 is 0 Å². The number of hydrogen-bond donors (Lipinski definition) is 0. The van der Waals surface area contributed by atoms with Crippen molar-refractivity contribution in [1.82, 2.24) is 4.31 Å². The lowest BCUT2D eigenvalue weighted by Gasteiger charge is -2.17. The average molecular weight is 333 g/mol. The lowest BCUT2D eigenvalue weighted by atomic mass is 9.90. The van der Waals surface area contributed by atoms with Crippen molar-refractivity contribution >= 4 is 10.0 Å². The van der Waals surface area contributed by atoms with E-state index >= 15 is 0 Å². The Labute approximate surface area is 136 Å². The van der Waals surface area contributed by atoms with Crippen LogP contribution in [0.1, 0.15) is 24.0 Å². The number of nitrogens with zero attached hydrogens (tertiary/aromatic N) is 1. The molecule has 1 aliphatic rings. The Balaban J connectivity index is 1.75. The van der Waals surface area contributed by atoms with Gasteiger partial charge in [-0.2, -0.15) is 0 Å². The lowest BCUT2D eigenvalue weighted by molar-refractivity contribution is 0.463. The quantitative estimate of drug-likeness (QED) is 0.860. The number of rotatable bonds is 4. The van der Waals surface area contributed by atoms with Gasteiger partial charge in [0.05, 0.1) is 5.75 Å². The van der Waals surface area contributed by atoms with Crippen LogP contribution in [0.4, 0.5) is 4.39 Å². The molecule has 2 aromatic carbocycles. The number of halogens is 1. The van der Waals surface area contributed by atoms with Crippen molar-refractivity contribution in [3.05, 3.63) is 71.5 Å². The first-order valence-corrected chi connectivity index (χ1v) is 9.34. The van der Waals surface area contributed by atoms with Crippen molar-refractivity contribution in [2.75, 3.05) is 13.1 Å². The van der Waals surface area contributed by atoms with E-state index in [0.717, 1.165) is 0 Å². The summed E-state index contributed by atoms with van der Waals surface area (Å²) < 4.78 is 39.8. The van der Waals surface area contributed by atoms with Crippen LogP contribution in [0, 0.1) is 11.7 Å². The lowest BCUT2D eigenvalue weighted by Crippen LogP contribution is -2.30. The number of hydrogen-bond acceptors (Lipinski definition) is 2. The minimum absolute atomic E-state index is 0.0818. The summed E-state index contributed by atoms with van der Waals surface area (Å²) in [5.41, 5.74) is 1.79. The van der Waals surface area contributed by atoms with Gasteiger partial charge in [0.15, 0.2) is 0 Å². The molecule has 1 fully saturated rings. The molecular weight excluding hydrogens is 313 g/mol. The predicted octanol–water partition coefficient (Wildman–Crippen LogP) is 3.39. The minimum atomic E-state index is -3.39. The average Bonchev–Trinajstić information content (AvgIpc) is 2.93. The molecule has 0 bridgehead atoms. The predicted molar refractivity (Wildman–Crippen MR) is 88.9 cm³/mol. The van der Waals surface area contributed by atoms with Gasteiger partial charge in [-0.25, -0.2) is 17.1 Å². The van der Waals surface area contributed by atoms with E-state index in [4.69, 9.17) is 0 Å². The molecule has 1 saturated heterocycles. The first-order chi connectivity index (χ1) is 11.0. The summed E-state index contributed by atoms with van der Waals surface area (Å²) in [6.45, 7) is 3.13. The molecule has 0 amide bonds. The zero-order valence-electron chi connectivity index (χ0n) is 13.0. The standard InChI is InChI=1S/C18H20FNO2S/c1-14-11-20(12-18(14)16-5-3-2-4-6-16)23(21,22)13-15-7-9-17(19)10-8-15/h2-10,14,18H,11-13H2,1H3. The molecule has 2 aromatic rings. The second-order valence-electron chi connectivity index (χ2n) is 6.19. The van der Waals surface area contributed by atoms with Gasteiger partial charge in [0.1, 0.15) is 5.82 Å². The molecule has 2 unspecified atom stereocenters. The zero-order chi connectivity index (χ0) is 16.4. The summed E-state index contributed by atoms with van der Waals surface area (Å²) in [5, 5.41) is 0. The van der Waals surface area contributed by atoms with Gasteiger partial charge < -0.3 is 0 Å². The normalized spacial score (nSPS) is 22.3. The Morgan fingerprint density at radius 2 is 1.70 bits per heavy atom. The van der Waals surface area contributed by atoms with Crippen LogP contribution in [0.5, 0.6) is 0 Å². The van der Waals surface area contributed by atoms with Gasteiger partial charge in [-0.05, 0) is 29.2 Å². The Morgan fingerprint density at radius 3 is 2.35 bits per heavy atom. The highest BCUT2D eigenvalue weighted by atomic mass is 32.2. The molecule has 0 saturated carbocycles. The van der Waals surface area contributed by atoms with Gasteiger partial charge in [-0.3, -0.25) is 0 Å². The molecule has 0 aliphatic carbocycles. The van der Waals surface area contributed by atoms with Crippen molar-refractivity contribution in [2.45, 2.75) is 18.6 Å². The van der Waals surface area contributed by atoms with Crippen molar-refractivity contribution in [2.24, 2.45) is 5.92 Å². The highest BCUT2D eigenvalue weighted by Crippen LogP contribution is 2.34. The highest BCUT2D eigenvalue weighted by molar-refractivity contribution is 7.88. The molecule has 23 heavy (non-hydrogen) atoms. The maximum absolute atomic E-state index is 13.0. The molecule has 3 nitrogen and oxygen atoms in total. The molecule has 0 N–H and O–H groups in total. The van der Waals surface area contributed by atoms with E-state index in [1.165, 1.54) is 29.8 Å². The topological polar surface area (TPSA) is 37.4 Å². The molecule has 122 valence electrons. The summed E-state index contributed by atoms with van der Waals surface area (Å²) >= 11 is 0. The zero-order valence-corrected chi connectivity index (χ0v) is 13.8. The molecule has 1 aliphatic heterocycles. The highest BCUT2D eigenvalue weighted by Gasteiger charge is 2.36. The van der Waals surface area contributed by atoms with Crippen LogP contribution in [-0.4, -0.2) is 25.8 Å². The third-order valence-electron chi connectivity index (χ3n) is 4.46. The molecule has 5 heteroatoms. The van der Waals surface area contributed by atoms with E-state index in [2.05, 4.69) is 19.1 Å². The Morgan fingerprint density at radius 1 is 1.04 bits per heavy atom. The van der Waals surface area contributed by atoms with E-state index in [1.54, 1.807) is 4.31 Å². The van der Waals surface area contributed by atoms with Gasteiger partial charge in [-0.1, -0.05) is 49.4 Å². The Kier molecular flexibility index (Phi) is 4.50. The van der Waals surface area contributed by atoms with Crippen LogP contribution in [0.15, 0.2) is 54.6 Å². The maximum Gasteiger partial charge on any atom is 0.218 e. The second kappa shape index (κ2) is 6.42. The van der Waals surface area contributed by atoms with E-state index < -0.39 is 10.0 Å². The van der Waals surface area contributed by atoms with Gasteiger partial charge in [0.2, 0.25) is 10.0 Å². The van der Waals surface area contributed by atoms with E-state index in [9.17, 15) is 12.8 Å². The second-order valence-corrected chi connectivity index (χ2v) is 8.16. The van der Waals surface area contributed by atoms with Crippen LogP contribution >= 0.6 is 0 Å². The molecular formula is C18H20FNO2S. The third kappa shape index (κ3) is 3.62. The van der Waals surface area contributed by atoms with E-state index in [-0.39, 0.29) is 23.4 Å². The fraction of sp³-hybridized carbons (Fsp3) is 0.333. The molecule has 2 atom stereocenters. The summed E-state index contributed by atoms with van der Waals surface area (Å²) in [6, 6.07) is 15.7. The van der Waals surface area contributed by atoms with Gasteiger partial charge in [-0.15, -0.1) is 0 Å². The largest absolute Gasteiger partial charge is 0.218 e. The van der Waals surface area contributed by atoms with Crippen LogP contribution in [0.2, 0.25) is 0 Å². The van der Waals surface area contributed by atoms with Crippen LogP contribution in [-0.2, 0) is 15.8 Å². The van der Waals surface area contributed by atoms with Gasteiger partial charge >= 0.3 is 0 Å². The number of sulfonamides is 1. The molecule has 3 rings (SSSR count). The summed E-state index contributed by atoms with van der Waals surface area (Å²) in [5.74, 6) is 0.0614. The first-order valence-electron chi connectivity index (χ1n) is 7.73. The molecule has 1 heterocycles. The molecule has 0 radical (unpaired) electrons. The fourth-order valence-corrected chi connectivity index (χ4v) is 4.81. The third-order valence-corrected chi connectivity index (χ3v) is 6.25. The summed E-state index contributed by atoms with van der Waals surface area (Å²) in [4.78, 5) is 0. The maximum atomic E-state index is 13.0. The molecule has 0 aromatic heterocycles. The monoisotopic (exact) mass is 333 g/mol. The van der Waals surface area contributed by atoms with Crippen LogP contribution in [0.25, 0.3) is 0 Å².